The molecule has 0 bridgehead atoms. The van der Waals surface area contributed by atoms with Crippen molar-refractivity contribution in [1.82, 2.24) is 19.9 Å². The summed E-state index contributed by atoms with van der Waals surface area (Å²) in [5.74, 6) is 0.481. The molecule has 3 amide bonds. The third-order valence-electron chi connectivity index (χ3n) is 10.4. The summed E-state index contributed by atoms with van der Waals surface area (Å²) in [5, 5.41) is 4.36. The maximum Gasteiger partial charge on any atom is 0.411 e. The highest BCUT2D eigenvalue weighted by atomic mass is 32.2. The molecular weight excluding hydrogens is 707 g/mol. The molecule has 282 valence electrons. The maximum absolute atomic E-state index is 14.1. The molecule has 2 aliphatic heterocycles. The number of fused-ring (bicyclic) bond motifs is 1. The number of rotatable bonds is 11. The van der Waals surface area contributed by atoms with Crippen LogP contribution in [0.5, 0.6) is 11.5 Å². The quantitative estimate of drug-likeness (QED) is 0.302. The van der Waals surface area contributed by atoms with Crippen LogP contribution in [0.25, 0.3) is 10.9 Å². The van der Waals surface area contributed by atoms with Gasteiger partial charge in [0.15, 0.2) is 0 Å². The molecule has 1 saturated heterocycles. The summed E-state index contributed by atoms with van der Waals surface area (Å²) < 4.78 is 45.1. The van der Waals surface area contributed by atoms with Gasteiger partial charge in [0.1, 0.15) is 39.8 Å². The Morgan fingerprint density at radius 3 is 2.46 bits per heavy atom. The van der Waals surface area contributed by atoms with Gasteiger partial charge in [-0.05, 0) is 71.9 Å². The largest absolute Gasteiger partial charge is 0.496 e. The SMILES string of the molecule is C=C[C@@H]1C[C@]1(NC(=O)[C@@H]1C[C@@H](Oc2cc(C3=NC(C(C)C)CS3)nc3c(C)c(OC)ccc23)CN1C(=O)OC(C)(C)C)C(=O)NS(=O)(=O)C1(C)CC1. The molecule has 2 aromatic rings. The van der Waals surface area contributed by atoms with Gasteiger partial charge in [0, 0.05) is 35.1 Å². The Bertz CT molecular complexity index is 1950. The average molecular weight is 756 g/mol. The molecule has 1 aromatic carbocycles. The molecule has 2 saturated carbocycles. The predicted octanol–water partition coefficient (Wildman–Crippen LogP) is 4.89. The Morgan fingerprint density at radius 2 is 1.88 bits per heavy atom. The van der Waals surface area contributed by atoms with E-state index >= 15 is 0 Å². The zero-order chi connectivity index (χ0) is 38.0. The third kappa shape index (κ3) is 7.22. The van der Waals surface area contributed by atoms with Crippen LogP contribution in [0.15, 0.2) is 35.8 Å². The number of nitrogens with one attached hydrogen (secondary N) is 2. The summed E-state index contributed by atoms with van der Waals surface area (Å²) in [6, 6.07) is 4.66. The molecule has 2 N–H and O–H groups in total. The van der Waals surface area contributed by atoms with Gasteiger partial charge in [-0.1, -0.05) is 19.9 Å². The Labute approximate surface area is 309 Å². The minimum Gasteiger partial charge on any atom is -0.496 e. The summed E-state index contributed by atoms with van der Waals surface area (Å²) in [4.78, 5) is 52.5. The van der Waals surface area contributed by atoms with E-state index in [4.69, 9.17) is 24.2 Å². The van der Waals surface area contributed by atoms with E-state index in [0.717, 1.165) is 21.7 Å². The molecule has 0 radical (unpaired) electrons. The van der Waals surface area contributed by atoms with Gasteiger partial charge in [-0.25, -0.2) is 18.2 Å². The minimum atomic E-state index is -3.96. The Kier molecular flexibility index (Phi) is 9.86. The molecule has 0 spiro atoms. The summed E-state index contributed by atoms with van der Waals surface area (Å²) in [5.41, 5.74) is -0.189. The number of hydrogen-bond donors (Lipinski definition) is 2. The molecular formula is C37H49N5O8S2. The van der Waals surface area contributed by atoms with Crippen molar-refractivity contribution in [2.24, 2.45) is 16.8 Å². The van der Waals surface area contributed by atoms with Crippen LogP contribution in [0.1, 0.15) is 78.5 Å². The number of methoxy groups -OCH3 is 1. The van der Waals surface area contributed by atoms with Crippen LogP contribution < -0.4 is 19.5 Å². The molecule has 52 heavy (non-hydrogen) atoms. The number of sulfonamides is 1. The Morgan fingerprint density at radius 1 is 1.17 bits per heavy atom. The average Bonchev–Trinajstić information content (AvgIpc) is 3.84. The lowest BCUT2D eigenvalue weighted by Crippen LogP contribution is -2.57. The van der Waals surface area contributed by atoms with Crippen LogP contribution in [-0.2, 0) is 24.3 Å². The summed E-state index contributed by atoms with van der Waals surface area (Å²) in [6.45, 7) is 16.8. The summed E-state index contributed by atoms with van der Waals surface area (Å²) >= 11 is 1.65. The van der Waals surface area contributed by atoms with E-state index in [1.54, 1.807) is 46.6 Å². The molecule has 3 fully saturated rings. The van der Waals surface area contributed by atoms with Gasteiger partial charge in [-0.15, -0.1) is 18.3 Å². The van der Waals surface area contributed by atoms with E-state index in [0.29, 0.717) is 41.5 Å². The van der Waals surface area contributed by atoms with Crippen molar-refractivity contribution in [1.29, 1.82) is 0 Å². The lowest BCUT2D eigenvalue weighted by atomic mass is 10.1. The number of thioether (sulfide) groups is 1. The number of hydrogen-bond acceptors (Lipinski definition) is 11. The van der Waals surface area contributed by atoms with Crippen molar-refractivity contribution in [2.75, 3.05) is 19.4 Å². The van der Waals surface area contributed by atoms with Crippen LogP contribution in [0.3, 0.4) is 0 Å². The van der Waals surface area contributed by atoms with Gasteiger partial charge in [0.25, 0.3) is 5.91 Å². The van der Waals surface area contributed by atoms with Gasteiger partial charge in [-0.2, -0.15) is 0 Å². The van der Waals surface area contributed by atoms with Crippen molar-refractivity contribution in [2.45, 2.75) is 108 Å². The monoisotopic (exact) mass is 755 g/mol. The second kappa shape index (κ2) is 13.5. The normalized spacial score (nSPS) is 26.5. The van der Waals surface area contributed by atoms with Crippen LogP contribution in [0, 0.1) is 18.8 Å². The highest BCUT2D eigenvalue weighted by Gasteiger charge is 2.63. The Hall–Kier alpha value is -3.85. The molecule has 6 rings (SSSR count). The maximum atomic E-state index is 14.1. The van der Waals surface area contributed by atoms with Crippen molar-refractivity contribution < 1.29 is 37.0 Å². The molecule has 2 aliphatic carbocycles. The van der Waals surface area contributed by atoms with Crippen molar-refractivity contribution in [3.63, 3.8) is 0 Å². The minimum absolute atomic E-state index is 0.0171. The molecule has 4 aliphatic rings. The highest BCUT2D eigenvalue weighted by Crippen LogP contribution is 2.47. The van der Waals surface area contributed by atoms with Crippen LogP contribution in [0.4, 0.5) is 4.79 Å². The summed E-state index contributed by atoms with van der Waals surface area (Å²) in [7, 11) is -2.35. The van der Waals surface area contributed by atoms with E-state index in [-0.39, 0.29) is 25.4 Å². The standard InChI is InChI=1S/C37H49N5O8S2/c1-10-22-17-37(22,33(44)41-52(46,47)36(8)13-14-36)40-31(43)27-15-23(18-42(27)34(45)50-35(5,6)7)49-29-16-25(32-39-26(19-51-32)20(2)3)38-30-21(4)28(48-9)12-11-24(29)30/h10-12,16,20,22-23,26-27H,1,13-15,17-19H2,2-9H3,(H,40,43)(H,41,44)/t22-,23-,26?,27+,37-/m1/s1. The van der Waals surface area contributed by atoms with E-state index in [1.807, 2.05) is 25.1 Å². The number of amides is 3. The number of likely N-dealkylation sites (tertiary alicyclic amines) is 1. The number of benzene rings is 1. The topological polar surface area (TPSA) is 166 Å². The molecule has 13 nitrogen and oxygen atoms in total. The van der Waals surface area contributed by atoms with Crippen LogP contribution in [0.2, 0.25) is 0 Å². The predicted molar refractivity (Wildman–Crippen MR) is 200 cm³/mol. The van der Waals surface area contributed by atoms with Gasteiger partial charge in [-0.3, -0.25) is 24.2 Å². The molecule has 5 atom stereocenters. The van der Waals surface area contributed by atoms with E-state index in [2.05, 4.69) is 30.5 Å². The fourth-order valence-corrected chi connectivity index (χ4v) is 9.19. The number of pyridine rings is 1. The molecule has 15 heteroatoms. The van der Waals surface area contributed by atoms with Crippen molar-refractivity contribution >= 4 is 55.6 Å². The number of carbonyl (C=O) groups excluding carboxylic acids is 3. The smallest absolute Gasteiger partial charge is 0.411 e. The first-order valence-electron chi connectivity index (χ1n) is 17.7. The number of aliphatic imine (C=N–C) groups is 1. The molecule has 3 heterocycles. The van der Waals surface area contributed by atoms with E-state index in [9.17, 15) is 22.8 Å². The number of carbonyl (C=O) groups is 3. The fourth-order valence-electron chi connectivity index (χ4n) is 6.63. The molecule has 1 aromatic heterocycles. The zero-order valence-corrected chi connectivity index (χ0v) is 32.7. The Balaban J connectivity index is 1.30. The van der Waals surface area contributed by atoms with E-state index in [1.165, 1.54) is 11.0 Å². The first-order chi connectivity index (χ1) is 24.3. The number of ether oxygens (including phenoxy) is 3. The second-order valence-electron chi connectivity index (χ2n) is 15.9. The lowest BCUT2D eigenvalue weighted by molar-refractivity contribution is -0.131. The van der Waals surface area contributed by atoms with Gasteiger partial charge in [0.2, 0.25) is 15.9 Å². The second-order valence-corrected chi connectivity index (χ2v) is 19.1. The number of nitrogens with zero attached hydrogens (tertiary/aromatic N) is 3. The van der Waals surface area contributed by atoms with E-state index < -0.39 is 61.9 Å². The number of aryl methyl sites for hydroxylation is 1. The van der Waals surface area contributed by atoms with Gasteiger partial charge < -0.3 is 19.5 Å². The molecule has 1 unspecified atom stereocenters. The fraction of sp³-hybridized carbons (Fsp3) is 0.595. The zero-order valence-electron chi connectivity index (χ0n) is 31.1. The number of aromatic nitrogens is 1. The van der Waals surface area contributed by atoms with Gasteiger partial charge in [0.05, 0.1) is 35.7 Å². The van der Waals surface area contributed by atoms with Gasteiger partial charge >= 0.3 is 6.09 Å². The van der Waals surface area contributed by atoms with Crippen LogP contribution >= 0.6 is 11.8 Å². The third-order valence-corrected chi connectivity index (χ3v) is 13.7. The first kappa shape index (κ1) is 37.9. The van der Waals surface area contributed by atoms with Crippen LogP contribution in [-0.4, -0.2) is 94.7 Å². The van der Waals surface area contributed by atoms with Crippen molar-refractivity contribution in [3.8, 4) is 11.5 Å². The highest BCUT2D eigenvalue weighted by molar-refractivity contribution is 8.14. The first-order valence-corrected chi connectivity index (χ1v) is 20.1. The lowest BCUT2D eigenvalue weighted by Gasteiger charge is -2.29. The van der Waals surface area contributed by atoms with Crippen molar-refractivity contribution in [3.05, 3.63) is 42.1 Å². The summed E-state index contributed by atoms with van der Waals surface area (Å²) in [6.07, 6.45) is 1.30.